The molecule has 156 valence electrons. The Kier molecular flexibility index (Phi) is 6.92. The number of morpholine rings is 1. The number of nitrogens with zero attached hydrogens (tertiary/aromatic N) is 1. The number of carbonyl (C=O) groups excluding carboxylic acids is 1. The first kappa shape index (κ1) is 22.0. The first-order valence-corrected chi connectivity index (χ1v) is 8.95. The molecule has 1 amide bonds. The van der Waals surface area contributed by atoms with E-state index < -0.39 is 47.2 Å². The van der Waals surface area contributed by atoms with Gasteiger partial charge in [-0.15, -0.1) is 0 Å². The summed E-state index contributed by atoms with van der Waals surface area (Å²) in [5.41, 5.74) is -0.782. The van der Waals surface area contributed by atoms with E-state index in [-0.39, 0.29) is 31.6 Å². The lowest BCUT2D eigenvalue weighted by Gasteiger charge is -2.42. The molecule has 1 aliphatic rings. The van der Waals surface area contributed by atoms with E-state index in [1.165, 1.54) is 4.90 Å². The molecule has 1 aromatic carbocycles. The third-order valence-corrected chi connectivity index (χ3v) is 4.24. The van der Waals surface area contributed by atoms with Gasteiger partial charge in [0.1, 0.15) is 5.60 Å². The van der Waals surface area contributed by atoms with Crippen molar-refractivity contribution in [1.29, 1.82) is 0 Å². The number of carbonyl (C=O) groups is 2. The molecule has 28 heavy (non-hydrogen) atoms. The summed E-state index contributed by atoms with van der Waals surface area (Å²) in [6.07, 6.45) is -0.231. The van der Waals surface area contributed by atoms with E-state index in [0.29, 0.717) is 6.42 Å². The second-order valence-electron chi connectivity index (χ2n) is 7.68. The van der Waals surface area contributed by atoms with Crippen LogP contribution in [0.25, 0.3) is 0 Å². The SMILES string of the molecule is CC(C)(C)OC(=O)N1C(CCCC(=O)O)COC[C@H]1c1cc(F)c(F)c(F)c1. The standard InChI is InChI=1S/C19H24F3NO5/c1-19(2,3)28-18(26)23-12(5-4-6-16(24)25)9-27-10-15(23)11-7-13(20)17(22)14(21)8-11/h7-8,12,15H,4-6,9-10H2,1-3H3,(H,24,25)/t12?,15-/m0/s1. The van der Waals surface area contributed by atoms with Crippen LogP contribution in [-0.2, 0) is 14.3 Å². The van der Waals surface area contributed by atoms with Gasteiger partial charge in [0.05, 0.1) is 25.3 Å². The number of hydrogen-bond acceptors (Lipinski definition) is 4. The molecule has 0 aromatic heterocycles. The fourth-order valence-electron chi connectivity index (χ4n) is 3.06. The number of aliphatic carboxylic acids is 1. The summed E-state index contributed by atoms with van der Waals surface area (Å²) in [7, 11) is 0. The molecular formula is C19H24F3NO5. The van der Waals surface area contributed by atoms with Crippen LogP contribution in [0.1, 0.15) is 51.6 Å². The lowest BCUT2D eigenvalue weighted by Crippen LogP contribution is -2.52. The highest BCUT2D eigenvalue weighted by Gasteiger charge is 2.38. The third kappa shape index (κ3) is 5.60. The van der Waals surface area contributed by atoms with Crippen molar-refractivity contribution in [3.8, 4) is 0 Å². The van der Waals surface area contributed by atoms with Crippen LogP contribution in [0.3, 0.4) is 0 Å². The van der Waals surface area contributed by atoms with E-state index in [4.69, 9.17) is 14.6 Å². The minimum Gasteiger partial charge on any atom is -0.481 e. The number of halogens is 3. The van der Waals surface area contributed by atoms with E-state index in [1.54, 1.807) is 20.8 Å². The van der Waals surface area contributed by atoms with Crippen LogP contribution in [-0.4, -0.2) is 46.9 Å². The molecule has 2 rings (SSSR count). The van der Waals surface area contributed by atoms with Gasteiger partial charge in [-0.25, -0.2) is 18.0 Å². The first-order valence-electron chi connectivity index (χ1n) is 8.95. The first-order chi connectivity index (χ1) is 13.0. The molecule has 9 heteroatoms. The largest absolute Gasteiger partial charge is 0.481 e. The molecule has 1 heterocycles. The molecule has 1 unspecified atom stereocenters. The van der Waals surface area contributed by atoms with Crippen molar-refractivity contribution in [2.24, 2.45) is 0 Å². The maximum atomic E-state index is 13.7. The average Bonchev–Trinajstić information content (AvgIpc) is 2.57. The summed E-state index contributed by atoms with van der Waals surface area (Å²) in [6, 6.07) is 0.194. The molecule has 1 saturated heterocycles. The van der Waals surface area contributed by atoms with E-state index >= 15 is 0 Å². The average molecular weight is 403 g/mol. The van der Waals surface area contributed by atoms with Gasteiger partial charge in [-0.1, -0.05) is 0 Å². The molecule has 1 fully saturated rings. The quantitative estimate of drug-likeness (QED) is 0.751. The van der Waals surface area contributed by atoms with Crippen LogP contribution in [0.5, 0.6) is 0 Å². The second kappa shape index (κ2) is 8.81. The van der Waals surface area contributed by atoms with Gasteiger partial charge in [-0.05, 0) is 51.3 Å². The van der Waals surface area contributed by atoms with Gasteiger partial charge in [0.25, 0.3) is 0 Å². The third-order valence-electron chi connectivity index (χ3n) is 4.24. The molecule has 1 aliphatic heterocycles. The molecule has 0 aliphatic carbocycles. The van der Waals surface area contributed by atoms with Crippen molar-refractivity contribution in [1.82, 2.24) is 4.90 Å². The van der Waals surface area contributed by atoms with Crippen LogP contribution in [0.4, 0.5) is 18.0 Å². The van der Waals surface area contributed by atoms with Gasteiger partial charge < -0.3 is 14.6 Å². The molecule has 1 N–H and O–H groups in total. The lowest BCUT2D eigenvalue weighted by atomic mass is 9.99. The van der Waals surface area contributed by atoms with Crippen molar-refractivity contribution < 1.29 is 37.3 Å². The minimum absolute atomic E-state index is 0.0326. The number of hydrogen-bond donors (Lipinski definition) is 1. The van der Waals surface area contributed by atoms with Crippen molar-refractivity contribution in [3.05, 3.63) is 35.1 Å². The zero-order valence-electron chi connectivity index (χ0n) is 16.0. The molecular weight excluding hydrogens is 379 g/mol. The van der Waals surface area contributed by atoms with Crippen LogP contribution < -0.4 is 0 Å². The van der Waals surface area contributed by atoms with Crippen LogP contribution >= 0.6 is 0 Å². The Labute approximate surface area is 161 Å². The van der Waals surface area contributed by atoms with Gasteiger partial charge in [0, 0.05) is 6.42 Å². The summed E-state index contributed by atoms with van der Waals surface area (Å²) in [5, 5.41) is 8.83. The van der Waals surface area contributed by atoms with E-state index in [0.717, 1.165) is 12.1 Å². The van der Waals surface area contributed by atoms with Crippen LogP contribution in [0, 0.1) is 17.5 Å². The van der Waals surface area contributed by atoms with Gasteiger partial charge >= 0.3 is 12.1 Å². The number of amides is 1. The van der Waals surface area contributed by atoms with E-state index in [2.05, 4.69) is 0 Å². The summed E-state index contributed by atoms with van der Waals surface area (Å²) < 4.78 is 51.7. The maximum Gasteiger partial charge on any atom is 0.411 e. The highest BCUT2D eigenvalue weighted by Crippen LogP contribution is 2.32. The van der Waals surface area contributed by atoms with E-state index in [9.17, 15) is 22.8 Å². The number of benzene rings is 1. The molecule has 0 spiro atoms. The normalized spacial score (nSPS) is 20.1. The predicted molar refractivity (Wildman–Crippen MR) is 93.2 cm³/mol. The van der Waals surface area contributed by atoms with Gasteiger partial charge in [-0.2, -0.15) is 0 Å². The molecule has 0 bridgehead atoms. The number of carboxylic acid groups (broad SMARTS) is 1. The highest BCUT2D eigenvalue weighted by molar-refractivity contribution is 5.70. The fourth-order valence-corrected chi connectivity index (χ4v) is 3.06. The zero-order valence-corrected chi connectivity index (χ0v) is 16.0. The fraction of sp³-hybridized carbons (Fsp3) is 0.579. The van der Waals surface area contributed by atoms with Crippen LogP contribution in [0.15, 0.2) is 12.1 Å². The highest BCUT2D eigenvalue weighted by atomic mass is 19.2. The Morgan fingerprint density at radius 2 is 1.82 bits per heavy atom. The van der Waals surface area contributed by atoms with Crippen molar-refractivity contribution in [2.45, 2.75) is 57.7 Å². The summed E-state index contributed by atoms with van der Waals surface area (Å²) in [5.74, 6) is -5.30. The topological polar surface area (TPSA) is 76.1 Å². The Bertz CT molecular complexity index is 712. The Morgan fingerprint density at radius 3 is 2.36 bits per heavy atom. The van der Waals surface area contributed by atoms with Crippen LogP contribution in [0.2, 0.25) is 0 Å². The second-order valence-corrected chi connectivity index (χ2v) is 7.68. The minimum atomic E-state index is -1.60. The Morgan fingerprint density at radius 1 is 1.21 bits per heavy atom. The van der Waals surface area contributed by atoms with Crippen molar-refractivity contribution in [3.63, 3.8) is 0 Å². The van der Waals surface area contributed by atoms with Gasteiger partial charge in [0.15, 0.2) is 17.5 Å². The molecule has 6 nitrogen and oxygen atoms in total. The maximum absolute atomic E-state index is 13.7. The summed E-state index contributed by atoms with van der Waals surface area (Å²) in [4.78, 5) is 24.9. The smallest absolute Gasteiger partial charge is 0.411 e. The lowest BCUT2D eigenvalue weighted by molar-refractivity contribution is -0.137. The van der Waals surface area contributed by atoms with Gasteiger partial charge in [-0.3, -0.25) is 9.69 Å². The Hall–Kier alpha value is -2.29. The molecule has 1 aromatic rings. The molecule has 2 atom stereocenters. The number of ether oxygens (including phenoxy) is 2. The predicted octanol–water partition coefficient (Wildman–Crippen LogP) is 4.04. The number of rotatable bonds is 5. The molecule has 0 saturated carbocycles. The van der Waals surface area contributed by atoms with E-state index in [1.807, 2.05) is 0 Å². The van der Waals surface area contributed by atoms with Crippen molar-refractivity contribution in [2.75, 3.05) is 13.2 Å². The Balaban J connectivity index is 2.34. The summed E-state index contributed by atoms with van der Waals surface area (Å²) in [6.45, 7) is 5.10. The van der Waals surface area contributed by atoms with Crippen molar-refractivity contribution >= 4 is 12.1 Å². The zero-order chi connectivity index (χ0) is 21.1. The van der Waals surface area contributed by atoms with Gasteiger partial charge in [0.2, 0.25) is 0 Å². The monoisotopic (exact) mass is 403 g/mol. The number of carboxylic acids is 1. The summed E-state index contributed by atoms with van der Waals surface area (Å²) >= 11 is 0. The molecule has 0 radical (unpaired) electrons.